The van der Waals surface area contributed by atoms with Gasteiger partial charge in [-0.25, -0.2) is 9.03 Å². The zero-order chi connectivity index (χ0) is 20.0. The molecule has 0 atom stereocenters. The second kappa shape index (κ2) is 6.41. The van der Waals surface area contributed by atoms with Gasteiger partial charge in [-0.1, -0.05) is 18.2 Å². The molecule has 27 heavy (non-hydrogen) atoms. The summed E-state index contributed by atoms with van der Waals surface area (Å²) in [5.74, 6) is -1.78. The highest BCUT2D eigenvalue weighted by Gasteiger charge is 2.35. The monoisotopic (exact) mass is 392 g/mol. The van der Waals surface area contributed by atoms with Crippen molar-refractivity contribution in [2.75, 3.05) is 10.8 Å². The zero-order valence-corrected chi connectivity index (χ0v) is 15.7. The number of benzene rings is 2. The molecule has 0 unspecified atom stereocenters. The standard InChI is InChI=1S/C18H20N2O6S/c1-18(2,17(23)24)6-5-11-3-4-12-9-15(21)14(8-13(12)7-11)20-10-16(22)19-27(20,25)26/h3-4,7-9,21H,5-6,10H2,1-2H3,(H,19,22)(H,23,24). The summed E-state index contributed by atoms with van der Waals surface area (Å²) in [4.78, 5) is 22.7. The molecule has 1 aliphatic rings. The number of amides is 1. The van der Waals surface area contributed by atoms with Gasteiger partial charge in [-0.15, -0.1) is 0 Å². The molecule has 3 rings (SSSR count). The second-order valence-corrected chi connectivity index (χ2v) is 8.84. The number of nitrogens with one attached hydrogen (secondary N) is 1. The van der Waals surface area contributed by atoms with Gasteiger partial charge in [-0.2, -0.15) is 8.42 Å². The summed E-state index contributed by atoms with van der Waals surface area (Å²) in [5, 5.41) is 20.8. The van der Waals surface area contributed by atoms with Crippen LogP contribution in [0.2, 0.25) is 0 Å². The number of rotatable bonds is 5. The molecule has 0 saturated carbocycles. The number of carbonyl (C=O) groups excluding carboxylic acids is 1. The summed E-state index contributed by atoms with van der Waals surface area (Å²) in [6, 6.07) is 8.40. The van der Waals surface area contributed by atoms with E-state index in [-0.39, 0.29) is 11.4 Å². The van der Waals surface area contributed by atoms with Crippen molar-refractivity contribution in [2.45, 2.75) is 26.7 Å². The number of hydrogen-bond acceptors (Lipinski definition) is 5. The first kappa shape index (κ1) is 19.0. The lowest BCUT2D eigenvalue weighted by atomic mass is 9.86. The number of phenolic OH excluding ortho intramolecular Hbond substituents is 1. The van der Waals surface area contributed by atoms with Crippen molar-refractivity contribution in [1.29, 1.82) is 0 Å². The Morgan fingerprint density at radius 3 is 2.52 bits per heavy atom. The van der Waals surface area contributed by atoms with Crippen LogP contribution in [0.5, 0.6) is 5.75 Å². The van der Waals surface area contributed by atoms with E-state index in [1.807, 2.05) is 16.9 Å². The largest absolute Gasteiger partial charge is 0.506 e. The van der Waals surface area contributed by atoms with Crippen molar-refractivity contribution in [3.05, 3.63) is 35.9 Å². The van der Waals surface area contributed by atoms with Gasteiger partial charge >= 0.3 is 16.2 Å². The van der Waals surface area contributed by atoms with Crippen LogP contribution in [0.25, 0.3) is 10.8 Å². The number of hydrogen-bond donors (Lipinski definition) is 3. The van der Waals surface area contributed by atoms with Gasteiger partial charge in [0.25, 0.3) is 5.91 Å². The molecule has 1 fully saturated rings. The molecule has 8 nitrogen and oxygen atoms in total. The summed E-state index contributed by atoms with van der Waals surface area (Å²) < 4.78 is 26.8. The van der Waals surface area contributed by atoms with E-state index < -0.39 is 34.0 Å². The van der Waals surface area contributed by atoms with Crippen molar-refractivity contribution < 1.29 is 28.2 Å². The number of phenols is 1. The van der Waals surface area contributed by atoms with Gasteiger partial charge in [0.05, 0.1) is 11.1 Å². The number of anilines is 1. The first-order valence-electron chi connectivity index (χ1n) is 8.32. The fourth-order valence-corrected chi connectivity index (χ4v) is 4.06. The van der Waals surface area contributed by atoms with Gasteiger partial charge in [-0.3, -0.25) is 9.59 Å². The van der Waals surface area contributed by atoms with E-state index in [0.717, 1.165) is 9.87 Å². The molecule has 0 bridgehead atoms. The minimum atomic E-state index is -4.02. The molecule has 1 amide bonds. The van der Waals surface area contributed by atoms with Gasteiger partial charge in [0.15, 0.2) is 0 Å². The minimum Gasteiger partial charge on any atom is -0.506 e. The highest BCUT2D eigenvalue weighted by Crippen LogP contribution is 2.35. The number of aromatic hydroxyl groups is 1. The first-order valence-corrected chi connectivity index (χ1v) is 9.76. The number of fused-ring (bicyclic) bond motifs is 1. The van der Waals surface area contributed by atoms with Crippen LogP contribution in [0, 0.1) is 5.41 Å². The molecule has 0 spiro atoms. The van der Waals surface area contributed by atoms with Crippen LogP contribution in [0.15, 0.2) is 30.3 Å². The summed E-state index contributed by atoms with van der Waals surface area (Å²) in [6.07, 6.45) is 0.977. The number of nitrogens with zero attached hydrogens (tertiary/aromatic N) is 1. The summed E-state index contributed by atoms with van der Waals surface area (Å²) in [7, 11) is -4.02. The fraction of sp³-hybridized carbons (Fsp3) is 0.333. The van der Waals surface area contributed by atoms with Gasteiger partial charge in [0.2, 0.25) is 0 Å². The van der Waals surface area contributed by atoms with Crippen LogP contribution in [-0.4, -0.2) is 37.1 Å². The minimum absolute atomic E-state index is 0.0175. The molecular formula is C18H20N2O6S. The van der Waals surface area contributed by atoms with Crippen molar-refractivity contribution >= 4 is 38.5 Å². The maximum absolute atomic E-state index is 12.0. The summed E-state index contributed by atoms with van der Waals surface area (Å²) in [5.41, 5.74) is 0.0564. The Hall–Kier alpha value is -2.81. The molecular weight excluding hydrogens is 372 g/mol. The van der Waals surface area contributed by atoms with Crippen LogP contribution < -0.4 is 9.03 Å². The summed E-state index contributed by atoms with van der Waals surface area (Å²) >= 11 is 0. The molecule has 3 N–H and O–H groups in total. The van der Waals surface area contributed by atoms with Crippen molar-refractivity contribution in [2.24, 2.45) is 5.41 Å². The van der Waals surface area contributed by atoms with Crippen LogP contribution in [0.1, 0.15) is 25.8 Å². The maximum Gasteiger partial charge on any atom is 0.326 e. The SMILES string of the molecule is CC(C)(CCc1ccc2cc(O)c(N3CC(=O)NS3(=O)=O)cc2c1)C(=O)O. The lowest BCUT2D eigenvalue weighted by Gasteiger charge is -2.19. The van der Waals surface area contributed by atoms with E-state index in [4.69, 9.17) is 0 Å². The molecule has 2 aromatic rings. The average Bonchev–Trinajstić information content (AvgIpc) is 2.84. The molecule has 9 heteroatoms. The number of aryl methyl sites for hydroxylation is 1. The lowest BCUT2D eigenvalue weighted by molar-refractivity contribution is -0.147. The zero-order valence-electron chi connectivity index (χ0n) is 14.9. The average molecular weight is 392 g/mol. The molecule has 0 aromatic heterocycles. The van der Waals surface area contributed by atoms with E-state index in [9.17, 15) is 28.2 Å². The number of carbonyl (C=O) groups is 2. The Labute approximate surface area is 156 Å². The van der Waals surface area contributed by atoms with E-state index in [1.54, 1.807) is 19.9 Å². The van der Waals surface area contributed by atoms with Crippen LogP contribution >= 0.6 is 0 Å². The van der Waals surface area contributed by atoms with Crippen molar-refractivity contribution in [3.8, 4) is 5.75 Å². The molecule has 1 heterocycles. The van der Waals surface area contributed by atoms with Gasteiger partial charge in [-0.05, 0) is 55.2 Å². The van der Waals surface area contributed by atoms with Crippen molar-refractivity contribution in [3.63, 3.8) is 0 Å². The Kier molecular flexibility index (Phi) is 4.51. The third-order valence-electron chi connectivity index (χ3n) is 4.70. The number of aliphatic carboxylic acids is 1. The molecule has 144 valence electrons. The Balaban J connectivity index is 1.96. The Morgan fingerprint density at radius 1 is 1.22 bits per heavy atom. The van der Waals surface area contributed by atoms with E-state index in [2.05, 4.69) is 0 Å². The summed E-state index contributed by atoms with van der Waals surface area (Å²) in [6.45, 7) is 2.93. The highest BCUT2D eigenvalue weighted by molar-refractivity contribution is 7.92. The fourth-order valence-electron chi connectivity index (χ4n) is 2.90. The number of carboxylic acids is 1. The van der Waals surface area contributed by atoms with Gasteiger partial charge in [0, 0.05) is 0 Å². The lowest BCUT2D eigenvalue weighted by Crippen LogP contribution is -2.29. The molecule has 1 aliphatic heterocycles. The van der Waals surface area contributed by atoms with E-state index in [1.165, 1.54) is 12.1 Å². The van der Waals surface area contributed by atoms with Crippen LogP contribution in [0.3, 0.4) is 0 Å². The Morgan fingerprint density at radius 2 is 1.93 bits per heavy atom. The maximum atomic E-state index is 12.0. The van der Waals surface area contributed by atoms with Crippen LogP contribution in [-0.2, 0) is 26.2 Å². The smallest absolute Gasteiger partial charge is 0.326 e. The van der Waals surface area contributed by atoms with Gasteiger partial charge in [0.1, 0.15) is 12.3 Å². The van der Waals surface area contributed by atoms with E-state index >= 15 is 0 Å². The topological polar surface area (TPSA) is 124 Å². The molecule has 0 aliphatic carbocycles. The Bertz CT molecular complexity index is 1050. The van der Waals surface area contributed by atoms with Gasteiger partial charge < -0.3 is 10.2 Å². The number of carboxylic acid groups (broad SMARTS) is 1. The van der Waals surface area contributed by atoms with Crippen LogP contribution in [0.4, 0.5) is 5.69 Å². The van der Waals surface area contributed by atoms with Crippen molar-refractivity contribution in [1.82, 2.24) is 4.72 Å². The quantitative estimate of drug-likeness (QED) is 0.712. The molecule has 2 aromatic carbocycles. The highest BCUT2D eigenvalue weighted by atomic mass is 32.2. The third kappa shape index (κ3) is 3.68. The predicted molar refractivity (Wildman–Crippen MR) is 99.8 cm³/mol. The predicted octanol–water partition coefficient (Wildman–Crippen LogP) is 1.77. The normalized spacial score (nSPS) is 16.5. The van der Waals surface area contributed by atoms with E-state index in [0.29, 0.717) is 23.6 Å². The molecule has 1 saturated heterocycles. The first-order chi connectivity index (χ1) is 12.5. The third-order valence-corrected chi connectivity index (χ3v) is 6.10. The molecule has 0 radical (unpaired) electrons. The second-order valence-electron chi connectivity index (χ2n) is 7.25.